The maximum atomic E-state index is 11.4. The third kappa shape index (κ3) is 3.18. The quantitative estimate of drug-likeness (QED) is 0.880. The van der Waals surface area contributed by atoms with E-state index in [0.717, 1.165) is 12.2 Å². The molecule has 2 aromatic rings. The van der Waals surface area contributed by atoms with Crippen molar-refractivity contribution in [3.05, 3.63) is 18.0 Å². The smallest absolute Gasteiger partial charge is 0.326 e. The highest BCUT2D eigenvalue weighted by molar-refractivity contribution is 5.77. The minimum Gasteiger partial charge on any atom is -0.480 e. The highest BCUT2D eigenvalue weighted by Gasteiger charge is 2.25. The number of aromatic nitrogens is 4. The zero-order valence-electron chi connectivity index (χ0n) is 13.7. The lowest BCUT2D eigenvalue weighted by Crippen LogP contribution is -2.35. The van der Waals surface area contributed by atoms with E-state index in [1.807, 2.05) is 34.6 Å². The molecule has 0 aliphatic rings. The first kappa shape index (κ1) is 16.2. The second-order valence-corrected chi connectivity index (χ2v) is 6.61. The molecular formula is C15H23N5O2. The van der Waals surface area contributed by atoms with E-state index < -0.39 is 12.0 Å². The summed E-state index contributed by atoms with van der Waals surface area (Å²) in [6, 6.07) is 2.84. The Morgan fingerprint density at radius 1 is 1.36 bits per heavy atom. The van der Waals surface area contributed by atoms with Crippen LogP contribution in [0.1, 0.15) is 46.9 Å². The number of nitrogens with zero attached hydrogens (tertiary/aromatic N) is 4. The fourth-order valence-electron chi connectivity index (χ4n) is 2.18. The topological polar surface area (TPSA) is 92.4 Å². The third-order valence-electron chi connectivity index (χ3n) is 3.72. The third-order valence-corrected chi connectivity index (χ3v) is 3.72. The van der Waals surface area contributed by atoms with E-state index in [2.05, 4.69) is 20.6 Å². The first-order valence-corrected chi connectivity index (χ1v) is 7.46. The van der Waals surface area contributed by atoms with Gasteiger partial charge in [0, 0.05) is 5.41 Å². The van der Waals surface area contributed by atoms with Gasteiger partial charge in [0.1, 0.15) is 11.9 Å². The predicted octanol–water partition coefficient (Wildman–Crippen LogP) is 2.33. The average molecular weight is 305 g/mol. The molecule has 2 rings (SSSR count). The molecule has 2 atom stereocenters. The molecule has 0 radical (unpaired) electrons. The minimum absolute atomic E-state index is 0.00186. The predicted molar refractivity (Wildman–Crippen MR) is 84.0 cm³/mol. The Kier molecular flexibility index (Phi) is 4.35. The molecule has 2 heterocycles. The number of hydrogen-bond acceptors (Lipinski definition) is 5. The van der Waals surface area contributed by atoms with Gasteiger partial charge in [-0.05, 0) is 18.1 Å². The number of hydrogen-bond donors (Lipinski definition) is 2. The highest BCUT2D eigenvalue weighted by atomic mass is 16.4. The number of carboxylic acid groups (broad SMARTS) is 1. The van der Waals surface area contributed by atoms with Crippen LogP contribution >= 0.6 is 0 Å². The van der Waals surface area contributed by atoms with E-state index in [0.29, 0.717) is 11.5 Å². The normalized spacial score (nSPS) is 14.8. The van der Waals surface area contributed by atoms with E-state index in [1.54, 1.807) is 16.6 Å². The van der Waals surface area contributed by atoms with Crippen molar-refractivity contribution < 1.29 is 9.90 Å². The van der Waals surface area contributed by atoms with E-state index in [1.165, 1.54) is 0 Å². The van der Waals surface area contributed by atoms with E-state index in [9.17, 15) is 9.90 Å². The van der Waals surface area contributed by atoms with E-state index in [4.69, 9.17) is 0 Å². The molecule has 0 amide bonds. The van der Waals surface area contributed by atoms with Gasteiger partial charge in [0.05, 0.1) is 0 Å². The average Bonchev–Trinajstić information content (AvgIpc) is 2.86. The molecule has 0 saturated carbocycles. The molecule has 0 fully saturated rings. The molecule has 0 aliphatic heterocycles. The van der Waals surface area contributed by atoms with Crippen molar-refractivity contribution in [2.75, 3.05) is 5.32 Å². The van der Waals surface area contributed by atoms with Crippen LogP contribution in [0.15, 0.2) is 12.1 Å². The zero-order valence-corrected chi connectivity index (χ0v) is 13.7. The summed E-state index contributed by atoms with van der Waals surface area (Å²) in [5, 5.41) is 25.1. The molecule has 0 aromatic carbocycles. The number of carboxylic acids is 1. The van der Waals surface area contributed by atoms with Crippen molar-refractivity contribution >= 4 is 17.4 Å². The largest absolute Gasteiger partial charge is 0.480 e. The van der Waals surface area contributed by atoms with Gasteiger partial charge >= 0.3 is 5.97 Å². The second kappa shape index (κ2) is 5.90. The summed E-state index contributed by atoms with van der Waals surface area (Å²) in [7, 11) is 0. The molecule has 0 bridgehead atoms. The van der Waals surface area contributed by atoms with Crippen molar-refractivity contribution in [1.29, 1.82) is 0 Å². The van der Waals surface area contributed by atoms with Gasteiger partial charge in [0.25, 0.3) is 0 Å². The van der Waals surface area contributed by atoms with Gasteiger partial charge in [-0.1, -0.05) is 41.0 Å². The zero-order chi connectivity index (χ0) is 16.5. The lowest BCUT2D eigenvalue weighted by Gasteiger charge is -2.21. The SMILES string of the molecule is CC[C@H](C)[C@H](Nc1ccc2nnc(C(C)(C)C)n2n1)C(=O)O. The number of nitrogens with one attached hydrogen (secondary N) is 1. The monoisotopic (exact) mass is 305 g/mol. The molecule has 7 heteroatoms. The Morgan fingerprint density at radius 3 is 2.59 bits per heavy atom. The molecular weight excluding hydrogens is 282 g/mol. The van der Waals surface area contributed by atoms with Crippen LogP contribution in [0.4, 0.5) is 5.82 Å². The van der Waals surface area contributed by atoms with Crippen LogP contribution in [0.2, 0.25) is 0 Å². The lowest BCUT2D eigenvalue weighted by molar-refractivity contribution is -0.139. The van der Waals surface area contributed by atoms with Crippen molar-refractivity contribution in [2.24, 2.45) is 5.92 Å². The van der Waals surface area contributed by atoms with E-state index in [-0.39, 0.29) is 11.3 Å². The van der Waals surface area contributed by atoms with Crippen molar-refractivity contribution in [1.82, 2.24) is 19.8 Å². The summed E-state index contributed by atoms with van der Waals surface area (Å²) >= 11 is 0. The molecule has 22 heavy (non-hydrogen) atoms. The van der Waals surface area contributed by atoms with Crippen molar-refractivity contribution in [3.63, 3.8) is 0 Å². The molecule has 0 spiro atoms. The summed E-state index contributed by atoms with van der Waals surface area (Å²) in [5.74, 6) is 0.362. The van der Waals surface area contributed by atoms with Crippen LogP contribution in [0.5, 0.6) is 0 Å². The van der Waals surface area contributed by atoms with Gasteiger partial charge in [0.15, 0.2) is 11.5 Å². The molecule has 0 saturated heterocycles. The molecule has 0 aliphatic carbocycles. The minimum atomic E-state index is -0.879. The second-order valence-electron chi connectivity index (χ2n) is 6.61. The van der Waals surface area contributed by atoms with Crippen molar-refractivity contribution in [3.8, 4) is 0 Å². The van der Waals surface area contributed by atoms with Crippen LogP contribution in [-0.4, -0.2) is 36.9 Å². The van der Waals surface area contributed by atoms with Gasteiger partial charge in [0.2, 0.25) is 0 Å². The summed E-state index contributed by atoms with van der Waals surface area (Å²) in [6.07, 6.45) is 0.770. The Bertz CT molecular complexity index is 674. The van der Waals surface area contributed by atoms with Crippen LogP contribution < -0.4 is 5.32 Å². The molecule has 120 valence electrons. The van der Waals surface area contributed by atoms with Gasteiger partial charge in [-0.15, -0.1) is 15.3 Å². The maximum absolute atomic E-state index is 11.4. The van der Waals surface area contributed by atoms with Gasteiger partial charge < -0.3 is 10.4 Å². The number of aliphatic carboxylic acids is 1. The molecule has 2 aromatic heterocycles. The van der Waals surface area contributed by atoms with Crippen LogP contribution in [0.25, 0.3) is 5.65 Å². The molecule has 0 unspecified atom stereocenters. The van der Waals surface area contributed by atoms with Crippen LogP contribution in [0, 0.1) is 5.92 Å². The fraction of sp³-hybridized carbons (Fsp3) is 0.600. The summed E-state index contributed by atoms with van der Waals surface area (Å²) in [6.45, 7) is 9.97. The van der Waals surface area contributed by atoms with Crippen LogP contribution in [0.3, 0.4) is 0 Å². The Balaban J connectivity index is 2.38. The van der Waals surface area contributed by atoms with Gasteiger partial charge in [-0.25, -0.2) is 4.79 Å². The highest BCUT2D eigenvalue weighted by Crippen LogP contribution is 2.21. The van der Waals surface area contributed by atoms with Gasteiger partial charge in [-0.3, -0.25) is 0 Å². The molecule has 2 N–H and O–H groups in total. The summed E-state index contributed by atoms with van der Waals surface area (Å²) < 4.78 is 1.66. The van der Waals surface area contributed by atoms with Crippen molar-refractivity contribution in [2.45, 2.75) is 52.5 Å². The van der Waals surface area contributed by atoms with Crippen LogP contribution in [-0.2, 0) is 10.2 Å². The summed E-state index contributed by atoms with van der Waals surface area (Å²) in [5.41, 5.74) is 0.444. The Hall–Kier alpha value is -2.18. The first-order valence-electron chi connectivity index (χ1n) is 7.46. The first-order chi connectivity index (χ1) is 10.2. The van der Waals surface area contributed by atoms with Gasteiger partial charge in [-0.2, -0.15) is 4.52 Å². The molecule has 7 nitrogen and oxygen atoms in total. The Morgan fingerprint density at radius 2 is 2.05 bits per heavy atom. The number of carbonyl (C=O) groups is 1. The number of anilines is 1. The Labute approximate surface area is 129 Å². The number of fused-ring (bicyclic) bond motifs is 1. The number of rotatable bonds is 5. The lowest BCUT2D eigenvalue weighted by atomic mass is 9.96. The fourth-order valence-corrected chi connectivity index (χ4v) is 2.18. The maximum Gasteiger partial charge on any atom is 0.326 e. The van der Waals surface area contributed by atoms with E-state index >= 15 is 0 Å². The standard InChI is InChI=1S/C15H23N5O2/c1-6-9(2)12(13(21)22)16-10-7-8-11-17-18-14(15(3,4)5)20(11)19-10/h7-9,12H,6H2,1-5H3,(H,16,19)(H,21,22)/t9-,12-/m0/s1. The summed E-state index contributed by atoms with van der Waals surface area (Å²) in [4.78, 5) is 11.4.